The van der Waals surface area contributed by atoms with Crippen LogP contribution in [0.15, 0.2) is 18.5 Å². The topological polar surface area (TPSA) is 113 Å². The first kappa shape index (κ1) is 20.7. The van der Waals surface area contributed by atoms with Crippen LogP contribution in [0.25, 0.3) is 0 Å². The van der Waals surface area contributed by atoms with E-state index < -0.39 is 35.5 Å². The summed E-state index contributed by atoms with van der Waals surface area (Å²) in [5.74, 6) is -1.07. The van der Waals surface area contributed by atoms with E-state index in [1.54, 1.807) is 6.07 Å². The molecule has 0 aromatic carbocycles. The Bertz CT molecular complexity index is 880. The summed E-state index contributed by atoms with van der Waals surface area (Å²) < 4.78 is 44.6. The summed E-state index contributed by atoms with van der Waals surface area (Å²) >= 11 is 0. The molecule has 2 aromatic heterocycles. The van der Waals surface area contributed by atoms with Crippen molar-refractivity contribution in [1.29, 1.82) is 0 Å². The zero-order valence-corrected chi connectivity index (χ0v) is 15.5. The normalized spacial score (nSPS) is 17.1. The van der Waals surface area contributed by atoms with Crippen LogP contribution in [0.1, 0.15) is 35.8 Å². The van der Waals surface area contributed by atoms with Gasteiger partial charge in [0.1, 0.15) is 11.4 Å². The minimum Gasteiger partial charge on any atom is -0.462 e. The van der Waals surface area contributed by atoms with Crippen molar-refractivity contribution in [3.8, 4) is 0 Å². The number of hydrogen-bond acceptors (Lipinski definition) is 9. The van der Waals surface area contributed by atoms with Crippen LogP contribution in [0.3, 0.4) is 0 Å². The first-order chi connectivity index (χ1) is 13.8. The van der Waals surface area contributed by atoms with E-state index in [4.69, 9.17) is 0 Å². The lowest BCUT2D eigenvalue weighted by Gasteiger charge is -2.30. The average Bonchev–Trinajstić information content (AvgIpc) is 2.68. The van der Waals surface area contributed by atoms with Crippen LogP contribution < -0.4 is 10.2 Å². The van der Waals surface area contributed by atoms with Gasteiger partial charge in [-0.3, -0.25) is 5.32 Å². The van der Waals surface area contributed by atoms with Crippen molar-refractivity contribution in [1.82, 2.24) is 19.9 Å². The summed E-state index contributed by atoms with van der Waals surface area (Å²) in [5, 5.41) is 12.3. The SMILES string of the molecule is CCOC(=O)c1cnc(Nc2nccc(N3CCCC(O)C3)n2)nc1C(F)(F)F. The smallest absolute Gasteiger partial charge is 0.434 e. The summed E-state index contributed by atoms with van der Waals surface area (Å²) in [7, 11) is 0. The standard InChI is InChI=1S/C17H19F3N6O3/c1-2-29-14(28)11-8-22-16(24-13(11)17(18,19)20)25-15-21-6-5-12(23-15)26-7-3-4-10(27)9-26/h5-6,8,10,27H,2-4,7,9H2,1H3,(H,21,22,23,24,25). The number of carbonyl (C=O) groups is 1. The number of hydrogen-bond donors (Lipinski definition) is 2. The predicted octanol–water partition coefficient (Wildman–Crippen LogP) is 2.17. The molecule has 1 saturated heterocycles. The third kappa shape index (κ3) is 5.08. The monoisotopic (exact) mass is 412 g/mol. The van der Waals surface area contributed by atoms with Gasteiger partial charge in [-0.05, 0) is 25.8 Å². The molecule has 1 unspecified atom stereocenters. The number of piperidine rings is 1. The van der Waals surface area contributed by atoms with Crippen LogP contribution in [0.2, 0.25) is 0 Å². The third-order valence-corrected chi connectivity index (χ3v) is 4.14. The Balaban J connectivity index is 1.85. The van der Waals surface area contributed by atoms with E-state index in [2.05, 4.69) is 30.0 Å². The number of anilines is 3. The fourth-order valence-electron chi connectivity index (χ4n) is 2.86. The van der Waals surface area contributed by atoms with Gasteiger partial charge in [0.15, 0.2) is 5.69 Å². The second-order valence-corrected chi connectivity index (χ2v) is 6.28. The highest BCUT2D eigenvalue weighted by Gasteiger charge is 2.38. The van der Waals surface area contributed by atoms with Crippen molar-refractivity contribution in [2.75, 3.05) is 29.9 Å². The Morgan fingerprint density at radius 2 is 2.10 bits per heavy atom. The summed E-state index contributed by atoms with van der Waals surface area (Å²) in [6.07, 6.45) is -1.67. The Hall–Kier alpha value is -3.02. The summed E-state index contributed by atoms with van der Waals surface area (Å²) in [6.45, 7) is 2.49. The fourth-order valence-corrected chi connectivity index (χ4v) is 2.86. The van der Waals surface area contributed by atoms with Crippen molar-refractivity contribution in [2.45, 2.75) is 32.0 Å². The number of aromatic nitrogens is 4. The average molecular weight is 412 g/mol. The fraction of sp³-hybridized carbons (Fsp3) is 0.471. The van der Waals surface area contributed by atoms with Gasteiger partial charge in [-0.1, -0.05) is 0 Å². The number of esters is 1. The van der Waals surface area contributed by atoms with Gasteiger partial charge >= 0.3 is 12.1 Å². The number of rotatable bonds is 5. The number of nitrogens with one attached hydrogen (secondary N) is 1. The van der Waals surface area contributed by atoms with Gasteiger partial charge < -0.3 is 14.7 Å². The number of halogens is 3. The molecule has 0 bridgehead atoms. The van der Waals surface area contributed by atoms with Crippen molar-refractivity contribution in [3.05, 3.63) is 29.7 Å². The van der Waals surface area contributed by atoms with Gasteiger partial charge in [0, 0.05) is 25.5 Å². The lowest BCUT2D eigenvalue weighted by molar-refractivity contribution is -0.141. The van der Waals surface area contributed by atoms with Crippen molar-refractivity contribution in [3.63, 3.8) is 0 Å². The Morgan fingerprint density at radius 3 is 2.79 bits per heavy atom. The molecule has 9 nitrogen and oxygen atoms in total. The van der Waals surface area contributed by atoms with Crippen LogP contribution in [0.5, 0.6) is 0 Å². The zero-order valence-electron chi connectivity index (χ0n) is 15.5. The van der Waals surface area contributed by atoms with E-state index in [1.165, 1.54) is 13.1 Å². The Morgan fingerprint density at radius 1 is 1.34 bits per heavy atom. The lowest BCUT2D eigenvalue weighted by atomic mass is 10.1. The lowest BCUT2D eigenvalue weighted by Crippen LogP contribution is -2.38. The maximum Gasteiger partial charge on any atom is 0.434 e. The molecule has 2 aromatic rings. The number of β-amino-alcohol motifs (C(OH)–C–C–N with tert-alkyl or cyclic N) is 1. The number of alkyl halides is 3. The molecule has 3 rings (SSSR count). The molecule has 1 atom stereocenters. The number of nitrogens with zero attached hydrogens (tertiary/aromatic N) is 5. The molecule has 0 aliphatic carbocycles. The minimum absolute atomic E-state index is 0.0143. The van der Waals surface area contributed by atoms with Crippen molar-refractivity contribution >= 4 is 23.7 Å². The highest BCUT2D eigenvalue weighted by Crippen LogP contribution is 2.31. The minimum atomic E-state index is -4.88. The molecule has 2 N–H and O–H groups in total. The van der Waals surface area contributed by atoms with Gasteiger partial charge in [-0.2, -0.15) is 18.2 Å². The number of carbonyl (C=O) groups excluding carboxylic acids is 1. The van der Waals surface area contributed by atoms with E-state index in [1.807, 2.05) is 4.90 Å². The molecular weight excluding hydrogens is 393 g/mol. The molecule has 1 aliphatic heterocycles. The highest BCUT2D eigenvalue weighted by molar-refractivity contribution is 5.90. The number of aliphatic hydroxyl groups is 1. The van der Waals surface area contributed by atoms with Crippen LogP contribution >= 0.6 is 0 Å². The molecule has 0 radical (unpaired) electrons. The van der Waals surface area contributed by atoms with Crippen LogP contribution in [-0.4, -0.2) is 56.8 Å². The molecule has 1 fully saturated rings. The number of aliphatic hydroxyl groups excluding tert-OH is 1. The summed E-state index contributed by atoms with van der Waals surface area (Å²) in [4.78, 5) is 29.0. The first-order valence-corrected chi connectivity index (χ1v) is 8.92. The Labute approximate surface area is 164 Å². The second kappa shape index (κ2) is 8.55. The predicted molar refractivity (Wildman–Crippen MR) is 95.8 cm³/mol. The molecule has 12 heteroatoms. The molecule has 1 aliphatic rings. The Kier molecular flexibility index (Phi) is 6.11. The third-order valence-electron chi connectivity index (χ3n) is 4.14. The maximum absolute atomic E-state index is 13.3. The highest BCUT2D eigenvalue weighted by atomic mass is 19.4. The molecule has 3 heterocycles. The van der Waals surface area contributed by atoms with E-state index in [0.29, 0.717) is 25.3 Å². The van der Waals surface area contributed by atoms with Crippen LogP contribution in [-0.2, 0) is 10.9 Å². The van der Waals surface area contributed by atoms with Gasteiger partial charge in [0.25, 0.3) is 0 Å². The quantitative estimate of drug-likeness (QED) is 0.713. The van der Waals surface area contributed by atoms with E-state index in [9.17, 15) is 23.1 Å². The molecule has 0 saturated carbocycles. The van der Waals surface area contributed by atoms with Gasteiger partial charge in [0.2, 0.25) is 11.9 Å². The van der Waals surface area contributed by atoms with E-state index in [-0.39, 0.29) is 12.6 Å². The first-order valence-electron chi connectivity index (χ1n) is 8.92. The van der Waals surface area contributed by atoms with Gasteiger partial charge in [-0.15, -0.1) is 0 Å². The number of ether oxygens (including phenoxy) is 1. The summed E-state index contributed by atoms with van der Waals surface area (Å²) in [5.41, 5.74) is -2.19. The maximum atomic E-state index is 13.3. The van der Waals surface area contributed by atoms with E-state index >= 15 is 0 Å². The molecule has 0 amide bonds. The molecule has 29 heavy (non-hydrogen) atoms. The van der Waals surface area contributed by atoms with Gasteiger partial charge in [-0.25, -0.2) is 19.7 Å². The van der Waals surface area contributed by atoms with Crippen molar-refractivity contribution in [2.24, 2.45) is 0 Å². The molecule has 156 valence electrons. The zero-order chi connectivity index (χ0) is 21.0. The molecular formula is C17H19F3N6O3. The van der Waals surface area contributed by atoms with Crippen LogP contribution in [0, 0.1) is 0 Å². The molecule has 0 spiro atoms. The summed E-state index contributed by atoms with van der Waals surface area (Å²) in [6, 6.07) is 1.63. The van der Waals surface area contributed by atoms with E-state index in [0.717, 1.165) is 12.6 Å². The van der Waals surface area contributed by atoms with Gasteiger partial charge in [0.05, 0.1) is 12.7 Å². The van der Waals surface area contributed by atoms with Crippen molar-refractivity contribution < 1.29 is 27.8 Å². The van der Waals surface area contributed by atoms with Crippen LogP contribution in [0.4, 0.5) is 30.9 Å². The second-order valence-electron chi connectivity index (χ2n) is 6.28. The largest absolute Gasteiger partial charge is 0.462 e.